The van der Waals surface area contributed by atoms with E-state index >= 15 is 0 Å². The van der Waals surface area contributed by atoms with Crippen molar-refractivity contribution in [3.63, 3.8) is 0 Å². The van der Waals surface area contributed by atoms with Gasteiger partial charge in [0.05, 0.1) is 11.9 Å². The van der Waals surface area contributed by atoms with Gasteiger partial charge in [0.1, 0.15) is 0 Å². The van der Waals surface area contributed by atoms with Crippen LogP contribution in [0.1, 0.15) is 20.7 Å². The molecule has 1 aromatic carbocycles. The van der Waals surface area contributed by atoms with E-state index in [0.29, 0.717) is 0 Å². The van der Waals surface area contributed by atoms with Crippen LogP contribution in [0.5, 0.6) is 0 Å². The monoisotopic (exact) mass is 368 g/mol. The predicted octanol–water partition coefficient (Wildman–Crippen LogP) is -0.219. The summed E-state index contributed by atoms with van der Waals surface area (Å²) in [7, 11) is 0. The van der Waals surface area contributed by atoms with Gasteiger partial charge in [-0.1, -0.05) is 15.9 Å². The van der Waals surface area contributed by atoms with Gasteiger partial charge in [-0.3, -0.25) is 0 Å². The number of benzene rings is 1. The van der Waals surface area contributed by atoms with Crippen LogP contribution in [-0.2, 0) is 0 Å². The fraction of sp³-hybridized carbons (Fsp3) is 0. The number of hydrogen-bond donors (Lipinski definition) is 0. The second-order valence-corrected chi connectivity index (χ2v) is 4.41. The first-order valence-electron chi connectivity index (χ1n) is 3.35. The zero-order valence-electron chi connectivity index (χ0n) is 6.54. The summed E-state index contributed by atoms with van der Waals surface area (Å²) in [6, 6.07) is 2.38. The second-order valence-electron chi connectivity index (χ2n) is 2.39. The minimum atomic E-state index is -1.36. The zero-order valence-corrected chi connectivity index (χ0v) is 10.3. The summed E-state index contributed by atoms with van der Waals surface area (Å²) in [5.74, 6) is -2.71. The standard InChI is InChI=1S/C8H4BrIO4/c9-4-1-3(7(11)12)2-5(10)6(4)8(13)14/h1-2H,(H,11,12)(H,13,14)/p-2. The number of carbonyl (C=O) groups is 2. The lowest BCUT2D eigenvalue weighted by Crippen LogP contribution is -2.26. The van der Waals surface area contributed by atoms with Crippen molar-refractivity contribution >= 4 is 50.5 Å². The Morgan fingerprint density at radius 1 is 1.21 bits per heavy atom. The fourth-order valence-electron chi connectivity index (χ4n) is 0.886. The molecule has 0 amide bonds. The molecule has 0 unspecified atom stereocenters. The van der Waals surface area contributed by atoms with Gasteiger partial charge in [-0.2, -0.15) is 0 Å². The summed E-state index contributed by atoms with van der Waals surface area (Å²) < 4.78 is 0.458. The lowest BCUT2D eigenvalue weighted by molar-refractivity contribution is -0.256. The molecular weight excluding hydrogens is 367 g/mol. The topological polar surface area (TPSA) is 80.3 Å². The van der Waals surface area contributed by atoms with Gasteiger partial charge in [-0.15, -0.1) is 0 Å². The lowest BCUT2D eigenvalue weighted by atomic mass is 10.1. The molecule has 1 rings (SSSR count). The molecule has 0 aromatic heterocycles. The van der Waals surface area contributed by atoms with Crippen LogP contribution in [0, 0.1) is 3.57 Å². The molecule has 0 fully saturated rings. The summed E-state index contributed by atoms with van der Waals surface area (Å²) in [4.78, 5) is 21.1. The van der Waals surface area contributed by atoms with Crippen LogP contribution in [0.15, 0.2) is 16.6 Å². The second kappa shape index (κ2) is 4.26. The Labute approximate surface area is 101 Å². The third-order valence-electron chi connectivity index (χ3n) is 1.48. The average Bonchev–Trinajstić information content (AvgIpc) is 2.01. The van der Waals surface area contributed by atoms with E-state index in [1.54, 1.807) is 22.6 Å². The highest BCUT2D eigenvalue weighted by atomic mass is 127. The summed E-state index contributed by atoms with van der Waals surface area (Å²) >= 11 is 4.67. The lowest BCUT2D eigenvalue weighted by Gasteiger charge is -2.11. The Bertz CT molecular complexity index is 393. The highest BCUT2D eigenvalue weighted by Crippen LogP contribution is 2.23. The molecule has 14 heavy (non-hydrogen) atoms. The molecule has 0 aliphatic rings. The van der Waals surface area contributed by atoms with Crippen molar-refractivity contribution in [3.8, 4) is 0 Å². The number of aromatic carboxylic acids is 2. The van der Waals surface area contributed by atoms with Gasteiger partial charge in [-0.25, -0.2) is 0 Å². The van der Waals surface area contributed by atoms with Crippen molar-refractivity contribution in [3.05, 3.63) is 31.3 Å². The Balaban J connectivity index is 3.39. The molecule has 0 aliphatic heterocycles. The van der Waals surface area contributed by atoms with E-state index in [9.17, 15) is 19.8 Å². The molecule has 0 heterocycles. The molecule has 0 radical (unpaired) electrons. The van der Waals surface area contributed by atoms with Gasteiger partial charge in [0.2, 0.25) is 0 Å². The largest absolute Gasteiger partial charge is 0.545 e. The van der Waals surface area contributed by atoms with Crippen molar-refractivity contribution < 1.29 is 19.8 Å². The highest BCUT2D eigenvalue weighted by molar-refractivity contribution is 14.1. The van der Waals surface area contributed by atoms with E-state index in [1.807, 2.05) is 0 Å². The van der Waals surface area contributed by atoms with Crippen LogP contribution < -0.4 is 10.2 Å². The molecule has 0 atom stereocenters. The van der Waals surface area contributed by atoms with Crippen LogP contribution in [0.2, 0.25) is 0 Å². The summed E-state index contributed by atoms with van der Waals surface area (Å²) in [6.07, 6.45) is 0. The van der Waals surface area contributed by atoms with Crippen molar-refractivity contribution in [2.45, 2.75) is 0 Å². The first kappa shape index (κ1) is 11.4. The minimum Gasteiger partial charge on any atom is -0.545 e. The van der Waals surface area contributed by atoms with Crippen LogP contribution >= 0.6 is 38.5 Å². The number of hydrogen-bond acceptors (Lipinski definition) is 4. The third-order valence-corrected chi connectivity index (χ3v) is 2.96. The van der Waals surface area contributed by atoms with Gasteiger partial charge < -0.3 is 19.8 Å². The maximum atomic E-state index is 10.6. The predicted molar refractivity (Wildman–Crippen MR) is 55.5 cm³/mol. The van der Waals surface area contributed by atoms with E-state index in [4.69, 9.17) is 0 Å². The van der Waals surface area contributed by atoms with E-state index in [-0.39, 0.29) is 19.2 Å². The molecule has 0 spiro atoms. The van der Waals surface area contributed by atoms with Gasteiger partial charge in [0, 0.05) is 13.6 Å². The SMILES string of the molecule is O=C([O-])c1cc(Br)c(C(=O)[O-])c(I)c1. The summed E-state index contributed by atoms with van der Waals surface area (Å²) in [6.45, 7) is 0. The Morgan fingerprint density at radius 2 is 1.79 bits per heavy atom. The Kier molecular flexibility index (Phi) is 3.48. The van der Waals surface area contributed by atoms with Crippen LogP contribution in [-0.4, -0.2) is 11.9 Å². The summed E-state index contributed by atoms with van der Waals surface area (Å²) in [5, 5.41) is 21.1. The van der Waals surface area contributed by atoms with Crippen molar-refractivity contribution in [2.75, 3.05) is 0 Å². The Morgan fingerprint density at radius 3 is 2.14 bits per heavy atom. The average molecular weight is 369 g/mol. The van der Waals surface area contributed by atoms with E-state index < -0.39 is 11.9 Å². The van der Waals surface area contributed by atoms with Crippen LogP contribution in [0.3, 0.4) is 0 Å². The van der Waals surface area contributed by atoms with Gasteiger partial charge in [0.15, 0.2) is 0 Å². The molecule has 0 N–H and O–H groups in total. The van der Waals surface area contributed by atoms with Crippen LogP contribution in [0.4, 0.5) is 0 Å². The highest BCUT2D eigenvalue weighted by Gasteiger charge is 2.08. The number of carboxylic acid groups (broad SMARTS) is 2. The molecule has 0 saturated carbocycles. The molecule has 4 nitrogen and oxygen atoms in total. The maximum absolute atomic E-state index is 10.6. The quantitative estimate of drug-likeness (QED) is 0.676. The number of halogens is 2. The first-order valence-corrected chi connectivity index (χ1v) is 5.22. The molecule has 0 saturated heterocycles. The third kappa shape index (κ3) is 2.24. The van der Waals surface area contributed by atoms with Crippen molar-refractivity contribution in [2.24, 2.45) is 0 Å². The van der Waals surface area contributed by atoms with E-state index in [0.717, 1.165) is 0 Å². The molecule has 0 bridgehead atoms. The number of rotatable bonds is 2. The van der Waals surface area contributed by atoms with E-state index in [1.165, 1.54) is 12.1 Å². The molecular formula is C8H2BrIO4-2. The molecule has 74 valence electrons. The Hall–Kier alpha value is -0.630. The number of carboxylic acids is 2. The minimum absolute atomic E-state index is 0.0596. The van der Waals surface area contributed by atoms with Crippen molar-refractivity contribution in [1.82, 2.24) is 0 Å². The zero-order chi connectivity index (χ0) is 10.9. The molecule has 1 aromatic rings. The maximum Gasteiger partial charge on any atom is 0.0737 e. The first-order chi connectivity index (χ1) is 6.43. The van der Waals surface area contributed by atoms with Crippen molar-refractivity contribution in [1.29, 1.82) is 0 Å². The normalized spacial score (nSPS) is 9.86. The smallest absolute Gasteiger partial charge is 0.0737 e. The summed E-state index contributed by atoms with van der Waals surface area (Å²) in [5.41, 5.74) is -0.137. The van der Waals surface area contributed by atoms with Gasteiger partial charge in [-0.05, 0) is 40.3 Å². The van der Waals surface area contributed by atoms with Crippen LogP contribution in [0.25, 0.3) is 0 Å². The van der Waals surface area contributed by atoms with E-state index in [2.05, 4.69) is 15.9 Å². The van der Waals surface area contributed by atoms with Gasteiger partial charge in [0.25, 0.3) is 0 Å². The van der Waals surface area contributed by atoms with Gasteiger partial charge >= 0.3 is 0 Å². The molecule has 0 aliphatic carbocycles. The molecule has 6 heteroatoms. The fourth-order valence-corrected chi connectivity index (χ4v) is 2.72. The number of carbonyl (C=O) groups excluding carboxylic acids is 2.